The average Bonchev–Trinajstić information content (AvgIpc) is 2.98. The van der Waals surface area contributed by atoms with Crippen LogP contribution in [0.5, 0.6) is 0 Å². The summed E-state index contributed by atoms with van der Waals surface area (Å²) in [5.41, 5.74) is -0.0577. The van der Waals surface area contributed by atoms with Crippen molar-refractivity contribution in [2.45, 2.75) is 12.8 Å². The van der Waals surface area contributed by atoms with Gasteiger partial charge in [-0.3, -0.25) is 0 Å². The maximum absolute atomic E-state index is 9.65. The Morgan fingerprint density at radius 2 is 2.00 bits per heavy atom. The average molecular weight is 341 g/mol. The van der Waals surface area contributed by atoms with Crippen molar-refractivity contribution in [2.75, 3.05) is 46.0 Å². The number of amidine groups is 1. The molecule has 8 heteroatoms. The van der Waals surface area contributed by atoms with Crippen LogP contribution in [0.2, 0.25) is 0 Å². The minimum atomic E-state index is -1.98. The van der Waals surface area contributed by atoms with Gasteiger partial charge in [0.05, 0.1) is 0 Å². The maximum atomic E-state index is 9.65. The van der Waals surface area contributed by atoms with Crippen LogP contribution in [-0.4, -0.2) is 66.3 Å². The molecule has 3 aliphatic rings. The maximum Gasteiger partial charge on any atom is 0.199 e. The smallest absolute Gasteiger partial charge is 0.199 e. The van der Waals surface area contributed by atoms with Crippen molar-refractivity contribution < 1.29 is 0 Å². The Balaban J connectivity index is 2.01. The van der Waals surface area contributed by atoms with Gasteiger partial charge in [-0.05, 0) is 38.0 Å². The second-order valence-corrected chi connectivity index (χ2v) is 12.4. The molecule has 0 aromatic carbocycles. The second kappa shape index (κ2) is 5.92. The van der Waals surface area contributed by atoms with E-state index in [1.165, 1.54) is 0 Å². The van der Waals surface area contributed by atoms with E-state index in [0.29, 0.717) is 0 Å². The molecule has 1 atom stereocenters. The Kier molecular flexibility index (Phi) is 4.33. The molecule has 0 radical (unpaired) electrons. The third-order valence-electron chi connectivity index (χ3n) is 4.29. The zero-order valence-electron chi connectivity index (χ0n) is 12.4. The Morgan fingerprint density at radius 3 is 2.62 bits per heavy atom. The first-order valence-electron chi connectivity index (χ1n) is 7.20. The summed E-state index contributed by atoms with van der Waals surface area (Å²) >= 11 is 7.58. The lowest BCUT2D eigenvalue weighted by Gasteiger charge is -2.40. The van der Waals surface area contributed by atoms with Gasteiger partial charge in [0.2, 0.25) is 0 Å². The van der Waals surface area contributed by atoms with Crippen molar-refractivity contribution in [2.24, 2.45) is 4.76 Å². The molecule has 2 fully saturated rings. The van der Waals surface area contributed by atoms with E-state index in [9.17, 15) is 5.26 Å². The lowest BCUT2D eigenvalue weighted by Crippen LogP contribution is -2.48. The first kappa shape index (κ1) is 15.4. The highest BCUT2D eigenvalue weighted by Crippen LogP contribution is 2.67. The Hall–Kier alpha value is -0.540. The second-order valence-electron chi connectivity index (χ2n) is 5.55. The molecule has 21 heavy (non-hydrogen) atoms. The van der Waals surface area contributed by atoms with Crippen molar-refractivity contribution in [1.82, 2.24) is 14.5 Å². The van der Waals surface area contributed by atoms with Gasteiger partial charge in [0.1, 0.15) is 11.6 Å². The van der Waals surface area contributed by atoms with Crippen LogP contribution in [0.3, 0.4) is 0 Å². The van der Waals surface area contributed by atoms with Gasteiger partial charge in [-0.25, -0.2) is 4.76 Å². The fourth-order valence-electron chi connectivity index (χ4n) is 3.04. The fourth-order valence-corrected chi connectivity index (χ4v) is 7.17. The molecule has 5 nitrogen and oxygen atoms in total. The molecule has 0 aliphatic carbocycles. The summed E-state index contributed by atoms with van der Waals surface area (Å²) in [4.78, 5) is 4.57. The number of allylic oxidation sites excluding steroid dienone is 1. The van der Waals surface area contributed by atoms with Gasteiger partial charge in [0, 0.05) is 38.4 Å². The lowest BCUT2D eigenvalue weighted by atomic mass is 10.1. The molecule has 3 aliphatic heterocycles. The molecular formula is C13H20N5PS2. The largest absolute Gasteiger partial charge is 0.353 e. The SMILES string of the molecule is CSP1(=S)N=C(N2CCN(C)CC2)C(C#N)=C2CCCN21. The standard InChI is InChI=1S/C13H20N5PS2/c1-16-6-8-17(9-7-16)13-11(10-14)12-4-3-5-18(12)19(20,15-13)21-2/h3-9H2,1-2H3. The van der Waals surface area contributed by atoms with Crippen molar-refractivity contribution in [3.8, 4) is 6.07 Å². The predicted octanol–water partition coefficient (Wildman–Crippen LogP) is 2.11. The van der Waals surface area contributed by atoms with Crippen LogP contribution in [0.4, 0.5) is 0 Å². The topological polar surface area (TPSA) is 45.9 Å². The van der Waals surface area contributed by atoms with Crippen LogP contribution in [0.15, 0.2) is 16.0 Å². The van der Waals surface area contributed by atoms with Crippen molar-refractivity contribution in [1.29, 1.82) is 5.26 Å². The fraction of sp³-hybridized carbons (Fsp3) is 0.692. The highest BCUT2D eigenvalue weighted by atomic mass is 32.9. The molecule has 0 aromatic heterocycles. The van der Waals surface area contributed by atoms with E-state index < -0.39 is 5.54 Å². The monoisotopic (exact) mass is 341 g/mol. The third-order valence-corrected chi connectivity index (χ3v) is 10.7. The number of fused-ring (bicyclic) bond motifs is 1. The summed E-state index contributed by atoms with van der Waals surface area (Å²) in [5, 5.41) is 9.65. The van der Waals surface area contributed by atoms with Crippen LogP contribution >= 0.6 is 16.9 Å². The van der Waals surface area contributed by atoms with Crippen LogP contribution < -0.4 is 0 Å². The highest BCUT2D eigenvalue weighted by molar-refractivity contribution is 8.69. The minimum Gasteiger partial charge on any atom is -0.353 e. The summed E-state index contributed by atoms with van der Waals surface area (Å²) < 4.78 is 7.19. The zero-order valence-corrected chi connectivity index (χ0v) is 15.0. The van der Waals surface area contributed by atoms with Crippen LogP contribution in [-0.2, 0) is 11.8 Å². The Bertz CT molecular complexity index is 586. The first-order chi connectivity index (χ1) is 10.1. The molecular weight excluding hydrogens is 321 g/mol. The third kappa shape index (κ3) is 2.63. The minimum absolute atomic E-state index is 0.770. The molecule has 0 saturated carbocycles. The summed E-state index contributed by atoms with van der Waals surface area (Å²) in [7, 11) is 2.13. The van der Waals surface area contributed by atoms with Crippen LogP contribution in [0.25, 0.3) is 0 Å². The number of piperazine rings is 1. The molecule has 0 aromatic rings. The normalized spacial score (nSPS) is 30.2. The highest BCUT2D eigenvalue weighted by Gasteiger charge is 2.39. The van der Waals surface area contributed by atoms with E-state index in [0.717, 1.165) is 62.7 Å². The molecule has 3 heterocycles. The summed E-state index contributed by atoms with van der Waals surface area (Å²) in [6.45, 7) is 4.84. The van der Waals surface area contributed by atoms with E-state index in [2.05, 4.69) is 33.8 Å². The lowest BCUT2D eigenvalue weighted by molar-refractivity contribution is 0.215. The number of nitriles is 1. The number of rotatable bonds is 1. The quantitative estimate of drug-likeness (QED) is 0.681. The molecule has 1 unspecified atom stereocenters. The van der Waals surface area contributed by atoms with Crippen molar-refractivity contribution >= 4 is 34.6 Å². The van der Waals surface area contributed by atoms with Crippen LogP contribution in [0, 0.1) is 11.3 Å². The van der Waals surface area contributed by atoms with E-state index in [-0.39, 0.29) is 0 Å². The molecule has 114 valence electrons. The molecule has 0 N–H and O–H groups in total. The Labute approximate surface area is 135 Å². The number of nitrogens with zero attached hydrogens (tertiary/aromatic N) is 5. The van der Waals surface area contributed by atoms with Crippen molar-refractivity contribution in [3.05, 3.63) is 11.3 Å². The number of hydrogen-bond donors (Lipinski definition) is 0. The first-order valence-corrected chi connectivity index (χ1v) is 11.7. The number of likely N-dealkylation sites (N-methyl/N-ethyl adjacent to an activating group) is 1. The van der Waals surface area contributed by atoms with Gasteiger partial charge < -0.3 is 14.5 Å². The molecule has 0 spiro atoms. The summed E-state index contributed by atoms with van der Waals surface area (Å²) in [6, 6.07) is 2.41. The Morgan fingerprint density at radius 1 is 1.29 bits per heavy atom. The van der Waals surface area contributed by atoms with E-state index in [4.69, 9.17) is 16.6 Å². The molecule has 0 amide bonds. The van der Waals surface area contributed by atoms with Gasteiger partial charge in [-0.15, -0.1) is 0 Å². The van der Waals surface area contributed by atoms with E-state index >= 15 is 0 Å². The summed E-state index contributed by atoms with van der Waals surface area (Å²) in [5.74, 6) is 0.872. The van der Waals surface area contributed by atoms with Crippen LogP contribution in [0.1, 0.15) is 12.8 Å². The molecule has 0 bridgehead atoms. The van der Waals surface area contributed by atoms with Gasteiger partial charge >= 0.3 is 0 Å². The van der Waals surface area contributed by atoms with E-state index in [1.54, 1.807) is 11.4 Å². The summed E-state index contributed by atoms with van der Waals surface area (Å²) in [6.07, 6.45) is 4.11. The van der Waals surface area contributed by atoms with Gasteiger partial charge in [0.15, 0.2) is 11.4 Å². The van der Waals surface area contributed by atoms with E-state index in [1.807, 2.05) is 0 Å². The van der Waals surface area contributed by atoms with Gasteiger partial charge in [-0.2, -0.15) is 5.26 Å². The molecule has 2 saturated heterocycles. The van der Waals surface area contributed by atoms with Gasteiger partial charge in [0.25, 0.3) is 0 Å². The zero-order chi connectivity index (χ0) is 15.0. The predicted molar refractivity (Wildman–Crippen MR) is 92.9 cm³/mol. The van der Waals surface area contributed by atoms with Crippen molar-refractivity contribution in [3.63, 3.8) is 0 Å². The van der Waals surface area contributed by atoms with Gasteiger partial charge in [-0.1, -0.05) is 11.4 Å². The number of hydrogen-bond acceptors (Lipinski definition) is 5. The molecule has 3 rings (SSSR count).